The summed E-state index contributed by atoms with van der Waals surface area (Å²) < 4.78 is 2.80. The number of rotatable bonds is 5. The first-order valence-corrected chi connectivity index (χ1v) is 8.48. The average Bonchev–Trinajstić information content (AvgIpc) is 3.13. The van der Waals surface area contributed by atoms with Gasteiger partial charge in [-0.15, -0.1) is 0 Å². The zero-order chi connectivity index (χ0) is 19.7. The number of carbonyl (C=O) groups excluding carboxylic acids is 1. The van der Waals surface area contributed by atoms with Gasteiger partial charge in [0.05, 0.1) is 11.5 Å². The van der Waals surface area contributed by atoms with Gasteiger partial charge in [-0.25, -0.2) is 0 Å². The van der Waals surface area contributed by atoms with Crippen LogP contribution in [0.1, 0.15) is 21.7 Å². The van der Waals surface area contributed by atoms with Crippen LogP contribution in [0.25, 0.3) is 0 Å². The summed E-state index contributed by atoms with van der Waals surface area (Å²) in [4.78, 5) is 22.8. The van der Waals surface area contributed by atoms with E-state index in [4.69, 9.17) is 23.2 Å². The van der Waals surface area contributed by atoms with Crippen LogP contribution in [-0.4, -0.2) is 30.4 Å². The SMILES string of the molecule is Cc1cc(NC(=O)c2c([N+](=O)[O-])cnn2C)nn1Cc1ccc(Cl)cc1Cl. The van der Waals surface area contributed by atoms with E-state index in [-0.39, 0.29) is 17.2 Å². The molecule has 0 aliphatic carbocycles. The molecule has 0 saturated carbocycles. The molecule has 11 heteroatoms. The smallest absolute Gasteiger partial charge is 0.303 e. The van der Waals surface area contributed by atoms with E-state index in [2.05, 4.69) is 15.5 Å². The maximum Gasteiger partial charge on any atom is 0.320 e. The first kappa shape index (κ1) is 18.9. The lowest BCUT2D eigenvalue weighted by atomic mass is 10.2. The zero-order valence-corrected chi connectivity index (χ0v) is 15.8. The number of nitro groups is 1. The van der Waals surface area contributed by atoms with Crippen LogP contribution in [0.2, 0.25) is 10.0 Å². The fraction of sp³-hybridized carbons (Fsp3) is 0.188. The van der Waals surface area contributed by atoms with Crippen molar-refractivity contribution in [3.8, 4) is 0 Å². The Kier molecular flexibility index (Phi) is 5.15. The molecule has 3 aromatic rings. The standard InChI is InChI=1S/C16H14Cl2N6O3/c1-9-5-14(20-16(25)15-13(24(26)27)7-19-22(15)2)21-23(9)8-10-3-4-11(17)6-12(10)18/h3-7H,8H2,1-2H3,(H,20,21,25). The summed E-state index contributed by atoms with van der Waals surface area (Å²) in [6.07, 6.45) is 1.03. The van der Waals surface area contributed by atoms with Crippen LogP contribution in [0.3, 0.4) is 0 Å². The number of anilines is 1. The second-order valence-corrected chi connectivity index (χ2v) is 6.62. The fourth-order valence-corrected chi connectivity index (χ4v) is 3.01. The number of hydrogen-bond donors (Lipinski definition) is 1. The Balaban J connectivity index is 1.82. The summed E-state index contributed by atoms with van der Waals surface area (Å²) in [6, 6.07) is 6.82. The molecule has 0 radical (unpaired) electrons. The van der Waals surface area contributed by atoms with E-state index in [0.717, 1.165) is 22.1 Å². The number of amides is 1. The molecule has 1 amide bonds. The van der Waals surface area contributed by atoms with Crippen molar-refractivity contribution in [3.63, 3.8) is 0 Å². The van der Waals surface area contributed by atoms with E-state index >= 15 is 0 Å². The quantitative estimate of drug-likeness (QED) is 0.513. The lowest BCUT2D eigenvalue weighted by Crippen LogP contribution is -2.18. The molecular formula is C16H14Cl2N6O3. The third kappa shape index (κ3) is 3.93. The van der Waals surface area contributed by atoms with Gasteiger partial charge in [-0.3, -0.25) is 24.3 Å². The Labute approximate surface area is 163 Å². The van der Waals surface area contributed by atoms with Crippen molar-refractivity contribution in [2.45, 2.75) is 13.5 Å². The Bertz CT molecular complexity index is 1040. The Morgan fingerprint density at radius 1 is 1.33 bits per heavy atom. The van der Waals surface area contributed by atoms with Gasteiger partial charge >= 0.3 is 5.69 Å². The minimum absolute atomic E-state index is 0.159. The molecule has 0 spiro atoms. The van der Waals surface area contributed by atoms with Gasteiger partial charge in [-0.1, -0.05) is 29.3 Å². The van der Waals surface area contributed by atoms with Crippen molar-refractivity contribution in [2.75, 3.05) is 5.32 Å². The van der Waals surface area contributed by atoms with Crippen molar-refractivity contribution in [1.82, 2.24) is 19.6 Å². The van der Waals surface area contributed by atoms with E-state index in [1.165, 1.54) is 7.05 Å². The van der Waals surface area contributed by atoms with Gasteiger partial charge in [0.1, 0.15) is 6.20 Å². The number of benzene rings is 1. The van der Waals surface area contributed by atoms with Gasteiger partial charge in [0.15, 0.2) is 5.82 Å². The van der Waals surface area contributed by atoms with Crippen LogP contribution in [0.4, 0.5) is 11.5 Å². The monoisotopic (exact) mass is 408 g/mol. The predicted molar refractivity (Wildman–Crippen MR) is 100 cm³/mol. The predicted octanol–water partition coefficient (Wildman–Crippen LogP) is 3.44. The largest absolute Gasteiger partial charge is 0.320 e. The molecule has 1 aromatic carbocycles. The van der Waals surface area contributed by atoms with Crippen LogP contribution in [0.15, 0.2) is 30.5 Å². The minimum atomic E-state index is -0.670. The number of nitrogens with one attached hydrogen (secondary N) is 1. The van der Waals surface area contributed by atoms with E-state index in [0.29, 0.717) is 16.6 Å². The molecule has 2 aromatic heterocycles. The van der Waals surface area contributed by atoms with Crippen molar-refractivity contribution >= 4 is 40.6 Å². The third-order valence-corrected chi connectivity index (χ3v) is 4.48. The Hall–Kier alpha value is -2.91. The molecule has 140 valence electrons. The highest BCUT2D eigenvalue weighted by Crippen LogP contribution is 2.23. The molecule has 0 aliphatic heterocycles. The van der Waals surface area contributed by atoms with Crippen LogP contribution in [0.5, 0.6) is 0 Å². The number of hydrogen-bond acceptors (Lipinski definition) is 5. The first-order chi connectivity index (χ1) is 12.8. The number of nitrogens with zero attached hydrogens (tertiary/aromatic N) is 5. The molecule has 0 fully saturated rings. The van der Waals surface area contributed by atoms with Gasteiger partial charge < -0.3 is 5.32 Å². The van der Waals surface area contributed by atoms with Crippen LogP contribution in [-0.2, 0) is 13.6 Å². The van der Waals surface area contributed by atoms with Gasteiger partial charge in [0, 0.05) is 28.9 Å². The number of carbonyl (C=O) groups is 1. The van der Waals surface area contributed by atoms with E-state index in [9.17, 15) is 14.9 Å². The summed E-state index contributed by atoms with van der Waals surface area (Å²) in [5.74, 6) is -0.408. The molecule has 9 nitrogen and oxygen atoms in total. The van der Waals surface area contributed by atoms with Crippen LogP contribution >= 0.6 is 23.2 Å². The lowest BCUT2D eigenvalue weighted by Gasteiger charge is -2.07. The summed E-state index contributed by atoms with van der Waals surface area (Å²) in [7, 11) is 1.45. The molecule has 27 heavy (non-hydrogen) atoms. The first-order valence-electron chi connectivity index (χ1n) is 7.72. The second kappa shape index (κ2) is 7.37. The molecule has 1 N–H and O–H groups in total. The topological polar surface area (TPSA) is 108 Å². The number of aryl methyl sites for hydroxylation is 2. The van der Waals surface area contributed by atoms with Crippen molar-refractivity contribution in [1.29, 1.82) is 0 Å². The summed E-state index contributed by atoms with van der Waals surface area (Å²) in [6.45, 7) is 2.20. The van der Waals surface area contributed by atoms with Crippen molar-refractivity contribution in [3.05, 3.63) is 67.6 Å². The summed E-state index contributed by atoms with van der Waals surface area (Å²) >= 11 is 12.1. The molecule has 0 unspecified atom stereocenters. The number of aromatic nitrogens is 4. The molecule has 0 aliphatic rings. The van der Waals surface area contributed by atoms with E-state index in [1.807, 2.05) is 6.92 Å². The molecular weight excluding hydrogens is 395 g/mol. The molecule has 0 saturated heterocycles. The Morgan fingerprint density at radius 3 is 2.74 bits per heavy atom. The van der Waals surface area contributed by atoms with Crippen LogP contribution in [0, 0.1) is 17.0 Å². The highest BCUT2D eigenvalue weighted by molar-refractivity contribution is 6.35. The molecule has 3 rings (SSSR count). The highest BCUT2D eigenvalue weighted by Gasteiger charge is 2.26. The van der Waals surface area contributed by atoms with Crippen molar-refractivity contribution < 1.29 is 9.72 Å². The summed E-state index contributed by atoms with van der Waals surface area (Å²) in [5, 5.41) is 22.7. The summed E-state index contributed by atoms with van der Waals surface area (Å²) in [5.41, 5.74) is 1.05. The minimum Gasteiger partial charge on any atom is -0.303 e. The normalized spacial score (nSPS) is 10.8. The zero-order valence-electron chi connectivity index (χ0n) is 14.3. The van der Waals surface area contributed by atoms with Gasteiger partial charge in [-0.2, -0.15) is 10.2 Å². The maximum atomic E-state index is 12.4. The van der Waals surface area contributed by atoms with Crippen LogP contribution < -0.4 is 5.32 Å². The van der Waals surface area contributed by atoms with Crippen molar-refractivity contribution in [2.24, 2.45) is 7.05 Å². The highest BCUT2D eigenvalue weighted by atomic mass is 35.5. The molecule has 2 heterocycles. The third-order valence-electron chi connectivity index (χ3n) is 3.89. The Morgan fingerprint density at radius 2 is 2.07 bits per heavy atom. The van der Waals surface area contributed by atoms with E-state index in [1.54, 1.807) is 28.9 Å². The second-order valence-electron chi connectivity index (χ2n) is 5.78. The molecule has 0 bridgehead atoms. The number of halogens is 2. The van der Waals surface area contributed by atoms with Gasteiger partial charge in [0.2, 0.25) is 5.69 Å². The molecule has 0 atom stereocenters. The maximum absolute atomic E-state index is 12.4. The lowest BCUT2D eigenvalue weighted by molar-refractivity contribution is -0.385. The fourth-order valence-electron chi connectivity index (χ4n) is 2.54. The van der Waals surface area contributed by atoms with Gasteiger partial charge in [0.25, 0.3) is 5.91 Å². The van der Waals surface area contributed by atoms with Gasteiger partial charge in [-0.05, 0) is 24.6 Å². The van der Waals surface area contributed by atoms with E-state index < -0.39 is 10.8 Å². The average molecular weight is 409 g/mol.